The minimum atomic E-state index is -3.34. The van der Waals surface area contributed by atoms with Crippen LogP contribution in [0.25, 0.3) is 11.1 Å². The average Bonchev–Trinajstić information content (AvgIpc) is 2.65. The summed E-state index contributed by atoms with van der Waals surface area (Å²) in [6.45, 7) is 4.32. The van der Waals surface area contributed by atoms with E-state index in [9.17, 15) is 8.42 Å². The van der Waals surface area contributed by atoms with Crippen LogP contribution in [0.1, 0.15) is 12.8 Å². The smallest absolute Gasteiger partial charge is 0.235 e. The van der Waals surface area contributed by atoms with Gasteiger partial charge in [0.1, 0.15) is 5.82 Å². The maximum Gasteiger partial charge on any atom is 0.235 e. The van der Waals surface area contributed by atoms with Gasteiger partial charge >= 0.3 is 0 Å². The van der Waals surface area contributed by atoms with Crippen molar-refractivity contribution in [3.8, 4) is 11.1 Å². The standard InChI is InChI=1S/C18H18Cl2IN3O2S/c1-2-27(25,26)24-7-4-13(5-8-24)23-18-9-12(3-6-22-18)14-10-15(19)16(20)11-17(14)21/h2-3,6,9-11,13H,1,4-5,7-8H2,(H,22,23). The Bertz CT molecular complexity index is 961. The van der Waals surface area contributed by atoms with E-state index in [2.05, 4.69) is 39.5 Å². The Morgan fingerprint density at radius 1 is 1.22 bits per heavy atom. The quantitative estimate of drug-likeness (QED) is 0.430. The molecule has 1 aliphatic rings. The second kappa shape index (κ2) is 8.65. The minimum absolute atomic E-state index is 0.164. The van der Waals surface area contributed by atoms with Gasteiger partial charge in [0.25, 0.3) is 0 Å². The number of rotatable bonds is 5. The summed E-state index contributed by atoms with van der Waals surface area (Å²) < 4.78 is 26.2. The third-order valence-electron chi connectivity index (χ3n) is 4.46. The Hall–Kier alpha value is -0.870. The maximum atomic E-state index is 11.9. The lowest BCUT2D eigenvalue weighted by atomic mass is 10.1. The molecule has 0 aliphatic carbocycles. The Morgan fingerprint density at radius 2 is 1.89 bits per heavy atom. The van der Waals surface area contributed by atoms with Crippen LogP contribution in [0.4, 0.5) is 5.82 Å². The molecule has 1 fully saturated rings. The molecule has 1 saturated heterocycles. The largest absolute Gasteiger partial charge is 0.367 e. The topological polar surface area (TPSA) is 62.3 Å². The first kappa shape index (κ1) is 20.9. The van der Waals surface area contributed by atoms with Gasteiger partial charge in [0.15, 0.2) is 0 Å². The van der Waals surface area contributed by atoms with Gasteiger partial charge in [-0.2, -0.15) is 4.31 Å². The Labute approximate surface area is 183 Å². The van der Waals surface area contributed by atoms with Gasteiger partial charge in [0, 0.05) is 34.3 Å². The minimum Gasteiger partial charge on any atom is -0.367 e. The molecule has 0 radical (unpaired) electrons. The number of hydrogen-bond acceptors (Lipinski definition) is 4. The first-order valence-corrected chi connectivity index (χ1v) is 11.6. The first-order chi connectivity index (χ1) is 12.8. The molecule has 0 amide bonds. The second-order valence-electron chi connectivity index (χ2n) is 6.21. The average molecular weight is 538 g/mol. The van der Waals surface area contributed by atoms with Gasteiger partial charge in [-0.1, -0.05) is 29.8 Å². The predicted octanol–water partition coefficient (Wildman–Crippen LogP) is 5.01. The van der Waals surface area contributed by atoms with E-state index in [1.165, 1.54) is 4.31 Å². The van der Waals surface area contributed by atoms with Crippen molar-refractivity contribution in [3.05, 3.63) is 56.1 Å². The number of halogens is 3. The van der Waals surface area contributed by atoms with E-state index in [1.54, 1.807) is 6.20 Å². The van der Waals surface area contributed by atoms with E-state index in [-0.39, 0.29) is 6.04 Å². The molecule has 0 bridgehead atoms. The van der Waals surface area contributed by atoms with Gasteiger partial charge in [-0.3, -0.25) is 0 Å². The predicted molar refractivity (Wildman–Crippen MR) is 120 cm³/mol. The number of nitrogens with zero attached hydrogens (tertiary/aromatic N) is 2. The van der Waals surface area contributed by atoms with Crippen molar-refractivity contribution in [2.45, 2.75) is 18.9 Å². The third-order valence-corrected chi connectivity index (χ3v) is 7.58. The van der Waals surface area contributed by atoms with E-state index >= 15 is 0 Å². The van der Waals surface area contributed by atoms with E-state index in [0.717, 1.165) is 25.9 Å². The van der Waals surface area contributed by atoms with E-state index < -0.39 is 10.0 Å². The second-order valence-corrected chi connectivity index (χ2v) is 10.1. The summed E-state index contributed by atoms with van der Waals surface area (Å²) in [5.41, 5.74) is 1.98. The molecule has 1 aromatic carbocycles. The van der Waals surface area contributed by atoms with Crippen LogP contribution in [0.2, 0.25) is 10.0 Å². The Morgan fingerprint density at radius 3 is 2.56 bits per heavy atom. The molecule has 1 aromatic heterocycles. The van der Waals surface area contributed by atoms with Crippen molar-refractivity contribution in [3.63, 3.8) is 0 Å². The molecule has 1 N–H and O–H groups in total. The number of hydrogen-bond donors (Lipinski definition) is 1. The molecule has 0 unspecified atom stereocenters. The van der Waals surface area contributed by atoms with Gasteiger partial charge in [0.05, 0.1) is 10.0 Å². The molecule has 0 spiro atoms. The SMILES string of the molecule is C=CS(=O)(=O)N1CCC(Nc2cc(-c3cc(Cl)c(Cl)cc3I)ccn2)CC1. The lowest BCUT2D eigenvalue weighted by Crippen LogP contribution is -2.41. The zero-order valence-corrected chi connectivity index (χ0v) is 18.8. The van der Waals surface area contributed by atoms with Gasteiger partial charge in [-0.15, -0.1) is 0 Å². The molecule has 144 valence electrons. The van der Waals surface area contributed by atoms with Crippen LogP contribution in [0, 0.1) is 3.57 Å². The van der Waals surface area contributed by atoms with Crippen molar-refractivity contribution >= 4 is 61.6 Å². The molecular weight excluding hydrogens is 520 g/mol. The Balaban J connectivity index is 1.73. The number of benzene rings is 1. The van der Waals surface area contributed by atoms with Crippen LogP contribution in [0.15, 0.2) is 42.4 Å². The van der Waals surface area contributed by atoms with Gasteiger partial charge in [-0.25, -0.2) is 13.4 Å². The zero-order chi connectivity index (χ0) is 19.6. The maximum absolute atomic E-state index is 11.9. The van der Waals surface area contributed by atoms with E-state index in [0.29, 0.717) is 36.0 Å². The van der Waals surface area contributed by atoms with Gasteiger partial charge in [-0.05, 0) is 70.8 Å². The molecule has 5 nitrogen and oxygen atoms in total. The van der Waals surface area contributed by atoms with Gasteiger partial charge in [0.2, 0.25) is 10.0 Å². The fourth-order valence-corrected chi connectivity index (χ4v) is 5.21. The molecule has 27 heavy (non-hydrogen) atoms. The highest BCUT2D eigenvalue weighted by molar-refractivity contribution is 14.1. The van der Waals surface area contributed by atoms with Crippen LogP contribution in [0.5, 0.6) is 0 Å². The summed E-state index contributed by atoms with van der Waals surface area (Å²) in [6, 6.07) is 7.74. The number of piperidine rings is 1. The van der Waals surface area contributed by atoms with Crippen molar-refractivity contribution in [1.29, 1.82) is 0 Å². The Kier molecular flexibility index (Phi) is 6.68. The summed E-state index contributed by atoms with van der Waals surface area (Å²) in [5.74, 6) is 0.749. The van der Waals surface area contributed by atoms with Gasteiger partial charge < -0.3 is 5.32 Å². The molecule has 1 aliphatic heterocycles. The monoisotopic (exact) mass is 537 g/mol. The zero-order valence-electron chi connectivity index (χ0n) is 14.3. The highest BCUT2D eigenvalue weighted by Gasteiger charge is 2.26. The molecule has 0 atom stereocenters. The molecule has 9 heteroatoms. The lowest BCUT2D eigenvalue weighted by molar-refractivity contribution is 0.333. The van der Waals surface area contributed by atoms with Crippen LogP contribution >= 0.6 is 45.8 Å². The number of nitrogens with one attached hydrogen (secondary N) is 1. The third kappa shape index (κ3) is 4.95. The molecule has 2 heterocycles. The van der Waals surface area contributed by atoms with Crippen molar-refractivity contribution < 1.29 is 8.42 Å². The summed E-state index contributed by atoms with van der Waals surface area (Å²) in [4.78, 5) is 4.39. The summed E-state index contributed by atoms with van der Waals surface area (Å²) in [6.07, 6.45) is 3.17. The van der Waals surface area contributed by atoms with Crippen LogP contribution in [-0.2, 0) is 10.0 Å². The summed E-state index contributed by atoms with van der Waals surface area (Å²) >= 11 is 14.5. The number of anilines is 1. The molecule has 2 aromatic rings. The first-order valence-electron chi connectivity index (χ1n) is 8.30. The van der Waals surface area contributed by atoms with Crippen molar-refractivity contribution in [1.82, 2.24) is 9.29 Å². The van der Waals surface area contributed by atoms with Crippen LogP contribution in [0.3, 0.4) is 0 Å². The highest BCUT2D eigenvalue weighted by atomic mass is 127. The number of aromatic nitrogens is 1. The number of sulfonamides is 1. The summed E-state index contributed by atoms with van der Waals surface area (Å²) in [5, 5.41) is 5.45. The van der Waals surface area contributed by atoms with E-state index in [1.807, 2.05) is 24.3 Å². The number of pyridine rings is 1. The van der Waals surface area contributed by atoms with Crippen LogP contribution < -0.4 is 5.32 Å². The van der Waals surface area contributed by atoms with E-state index in [4.69, 9.17) is 23.2 Å². The lowest BCUT2D eigenvalue weighted by Gasteiger charge is -2.31. The molecular formula is C18H18Cl2IN3O2S. The highest BCUT2D eigenvalue weighted by Crippen LogP contribution is 2.34. The summed E-state index contributed by atoms with van der Waals surface area (Å²) in [7, 11) is -3.34. The van der Waals surface area contributed by atoms with Crippen molar-refractivity contribution in [2.75, 3.05) is 18.4 Å². The molecule has 0 saturated carbocycles. The normalized spacial score (nSPS) is 16.3. The van der Waals surface area contributed by atoms with Crippen molar-refractivity contribution in [2.24, 2.45) is 0 Å². The molecule has 3 rings (SSSR count). The fourth-order valence-electron chi connectivity index (χ4n) is 2.99. The van der Waals surface area contributed by atoms with Crippen LogP contribution in [-0.4, -0.2) is 36.8 Å². The fraction of sp³-hybridized carbons (Fsp3) is 0.278.